The smallest absolute Gasteiger partial charge is 0.222 e. The Bertz CT molecular complexity index is 270. The predicted molar refractivity (Wildman–Crippen MR) is 74.1 cm³/mol. The van der Waals surface area contributed by atoms with Gasteiger partial charge < -0.3 is 10.6 Å². The molecule has 104 valence electrons. The Morgan fingerprint density at radius 1 is 1.22 bits per heavy atom. The molecule has 1 saturated heterocycles. The van der Waals surface area contributed by atoms with Crippen LogP contribution in [0.15, 0.2) is 0 Å². The predicted octanol–water partition coefficient (Wildman–Crippen LogP) is 2.54. The average molecular weight is 252 g/mol. The van der Waals surface area contributed by atoms with E-state index in [2.05, 4.69) is 11.8 Å². The molecule has 2 rings (SSSR count). The molecule has 2 fully saturated rings. The third kappa shape index (κ3) is 3.71. The van der Waals surface area contributed by atoms with Crippen LogP contribution in [0.5, 0.6) is 0 Å². The molecule has 1 aliphatic heterocycles. The van der Waals surface area contributed by atoms with E-state index in [1.165, 1.54) is 38.5 Å². The first-order valence-corrected chi connectivity index (χ1v) is 7.70. The Balaban J connectivity index is 1.77. The van der Waals surface area contributed by atoms with Crippen LogP contribution in [-0.4, -0.2) is 29.9 Å². The van der Waals surface area contributed by atoms with E-state index in [0.29, 0.717) is 17.7 Å². The number of amides is 1. The van der Waals surface area contributed by atoms with Gasteiger partial charge in [0.05, 0.1) is 0 Å². The minimum Gasteiger partial charge on any atom is -0.342 e. The Kier molecular flexibility index (Phi) is 5.04. The summed E-state index contributed by atoms with van der Waals surface area (Å²) in [5.74, 6) is 1.54. The summed E-state index contributed by atoms with van der Waals surface area (Å²) in [6.45, 7) is 3.88. The van der Waals surface area contributed by atoms with Crippen molar-refractivity contribution in [3.8, 4) is 0 Å². The van der Waals surface area contributed by atoms with E-state index >= 15 is 0 Å². The minimum absolute atomic E-state index is 0.223. The van der Waals surface area contributed by atoms with Gasteiger partial charge in [-0.25, -0.2) is 0 Å². The van der Waals surface area contributed by atoms with Crippen LogP contribution in [0, 0.1) is 11.8 Å². The van der Waals surface area contributed by atoms with Crippen molar-refractivity contribution in [3.63, 3.8) is 0 Å². The second kappa shape index (κ2) is 6.55. The highest BCUT2D eigenvalue weighted by molar-refractivity contribution is 5.76. The fourth-order valence-electron chi connectivity index (χ4n) is 3.39. The van der Waals surface area contributed by atoms with E-state index in [4.69, 9.17) is 5.73 Å². The number of carbonyl (C=O) groups excluding carboxylic acids is 1. The zero-order valence-electron chi connectivity index (χ0n) is 11.7. The fraction of sp³-hybridized carbons (Fsp3) is 0.933. The normalized spacial score (nSPS) is 28.1. The molecule has 2 atom stereocenters. The van der Waals surface area contributed by atoms with Crippen molar-refractivity contribution in [2.24, 2.45) is 17.6 Å². The number of rotatable bonds is 3. The standard InChI is InChI=1S/C15H28N2O/c1-12(16)14-8-9-17(11-14)15(18)10-13-6-4-2-3-5-7-13/h12-14H,2-11,16H2,1H3. The van der Waals surface area contributed by atoms with Gasteiger partial charge in [-0.2, -0.15) is 0 Å². The van der Waals surface area contributed by atoms with Crippen molar-refractivity contribution < 1.29 is 4.79 Å². The molecule has 2 N–H and O–H groups in total. The van der Waals surface area contributed by atoms with Gasteiger partial charge in [-0.3, -0.25) is 4.79 Å². The first-order chi connectivity index (χ1) is 8.66. The van der Waals surface area contributed by atoms with Crippen LogP contribution in [0.2, 0.25) is 0 Å². The second-order valence-electron chi connectivity index (χ2n) is 6.31. The van der Waals surface area contributed by atoms with Gasteiger partial charge in [-0.15, -0.1) is 0 Å². The summed E-state index contributed by atoms with van der Waals surface area (Å²) in [4.78, 5) is 14.3. The lowest BCUT2D eigenvalue weighted by Gasteiger charge is -2.21. The van der Waals surface area contributed by atoms with Crippen LogP contribution in [0.4, 0.5) is 0 Å². The van der Waals surface area contributed by atoms with E-state index in [9.17, 15) is 4.79 Å². The molecule has 1 heterocycles. The molecular formula is C15H28N2O. The van der Waals surface area contributed by atoms with Gasteiger partial charge >= 0.3 is 0 Å². The zero-order valence-corrected chi connectivity index (χ0v) is 11.7. The lowest BCUT2D eigenvalue weighted by molar-refractivity contribution is -0.131. The summed E-state index contributed by atoms with van der Waals surface area (Å²) < 4.78 is 0. The Labute approximate surface area is 111 Å². The number of likely N-dealkylation sites (tertiary alicyclic amines) is 1. The third-order valence-electron chi connectivity index (χ3n) is 4.76. The highest BCUT2D eigenvalue weighted by Crippen LogP contribution is 2.27. The highest BCUT2D eigenvalue weighted by atomic mass is 16.2. The topological polar surface area (TPSA) is 46.3 Å². The minimum atomic E-state index is 0.223. The monoisotopic (exact) mass is 252 g/mol. The first-order valence-electron chi connectivity index (χ1n) is 7.70. The lowest BCUT2D eigenvalue weighted by Crippen LogP contribution is -2.33. The van der Waals surface area contributed by atoms with Gasteiger partial charge in [0, 0.05) is 25.6 Å². The first kappa shape index (κ1) is 13.9. The van der Waals surface area contributed by atoms with E-state index in [0.717, 1.165) is 25.9 Å². The van der Waals surface area contributed by atoms with Gasteiger partial charge in [0.25, 0.3) is 0 Å². The number of carbonyl (C=O) groups is 1. The number of nitrogens with zero attached hydrogens (tertiary/aromatic N) is 1. The van der Waals surface area contributed by atoms with Crippen molar-refractivity contribution in [1.82, 2.24) is 4.90 Å². The summed E-state index contributed by atoms with van der Waals surface area (Å²) >= 11 is 0. The van der Waals surface area contributed by atoms with Crippen molar-refractivity contribution in [1.29, 1.82) is 0 Å². The van der Waals surface area contributed by atoms with Gasteiger partial charge in [0.2, 0.25) is 5.91 Å². The van der Waals surface area contributed by atoms with Crippen molar-refractivity contribution >= 4 is 5.91 Å². The Morgan fingerprint density at radius 2 is 1.89 bits per heavy atom. The molecule has 3 nitrogen and oxygen atoms in total. The van der Waals surface area contributed by atoms with Gasteiger partial charge in [0.1, 0.15) is 0 Å². The molecule has 0 spiro atoms. The summed E-state index contributed by atoms with van der Waals surface area (Å²) in [6, 6.07) is 0.223. The van der Waals surface area contributed by atoms with Gasteiger partial charge in [-0.1, -0.05) is 25.7 Å². The highest BCUT2D eigenvalue weighted by Gasteiger charge is 2.29. The molecule has 1 saturated carbocycles. The second-order valence-corrected chi connectivity index (χ2v) is 6.31. The lowest BCUT2D eigenvalue weighted by atomic mass is 9.96. The zero-order chi connectivity index (χ0) is 13.0. The molecule has 1 aliphatic carbocycles. The van der Waals surface area contributed by atoms with Crippen LogP contribution in [0.25, 0.3) is 0 Å². The maximum atomic E-state index is 12.3. The summed E-state index contributed by atoms with van der Waals surface area (Å²) in [5, 5.41) is 0. The molecule has 2 unspecified atom stereocenters. The molecular weight excluding hydrogens is 224 g/mol. The Hall–Kier alpha value is -0.570. The fourth-order valence-corrected chi connectivity index (χ4v) is 3.39. The van der Waals surface area contributed by atoms with Crippen LogP contribution in [0.3, 0.4) is 0 Å². The summed E-state index contributed by atoms with van der Waals surface area (Å²) in [7, 11) is 0. The molecule has 18 heavy (non-hydrogen) atoms. The van der Waals surface area contributed by atoms with Crippen LogP contribution >= 0.6 is 0 Å². The third-order valence-corrected chi connectivity index (χ3v) is 4.76. The molecule has 0 aromatic carbocycles. The SMILES string of the molecule is CC(N)C1CCN(C(=O)CC2CCCCCC2)C1. The van der Waals surface area contributed by atoms with Crippen molar-refractivity contribution in [2.45, 2.75) is 64.3 Å². The van der Waals surface area contributed by atoms with Gasteiger partial charge in [-0.05, 0) is 38.0 Å². The maximum Gasteiger partial charge on any atom is 0.222 e. The molecule has 3 heteroatoms. The average Bonchev–Trinajstić information content (AvgIpc) is 2.70. The van der Waals surface area contributed by atoms with Crippen LogP contribution < -0.4 is 5.73 Å². The largest absolute Gasteiger partial charge is 0.342 e. The molecule has 1 amide bonds. The summed E-state index contributed by atoms with van der Waals surface area (Å²) in [6.07, 6.45) is 9.76. The van der Waals surface area contributed by atoms with Crippen LogP contribution in [-0.2, 0) is 4.79 Å². The van der Waals surface area contributed by atoms with Crippen molar-refractivity contribution in [3.05, 3.63) is 0 Å². The number of hydrogen-bond acceptors (Lipinski definition) is 2. The van der Waals surface area contributed by atoms with Gasteiger partial charge in [0.15, 0.2) is 0 Å². The Morgan fingerprint density at radius 3 is 2.44 bits per heavy atom. The molecule has 0 bridgehead atoms. The van der Waals surface area contributed by atoms with E-state index in [1.807, 2.05) is 0 Å². The van der Waals surface area contributed by atoms with E-state index in [1.54, 1.807) is 0 Å². The number of nitrogens with two attached hydrogens (primary N) is 1. The number of hydrogen-bond donors (Lipinski definition) is 1. The van der Waals surface area contributed by atoms with E-state index in [-0.39, 0.29) is 6.04 Å². The summed E-state index contributed by atoms with van der Waals surface area (Å²) in [5.41, 5.74) is 5.93. The molecule has 0 radical (unpaired) electrons. The maximum absolute atomic E-state index is 12.3. The quantitative estimate of drug-likeness (QED) is 0.785. The van der Waals surface area contributed by atoms with E-state index < -0.39 is 0 Å². The van der Waals surface area contributed by atoms with Crippen LogP contribution in [0.1, 0.15) is 58.3 Å². The molecule has 0 aromatic rings. The molecule has 2 aliphatic rings. The molecule has 0 aromatic heterocycles. The van der Waals surface area contributed by atoms with Crippen molar-refractivity contribution in [2.75, 3.05) is 13.1 Å².